The van der Waals surface area contributed by atoms with Crippen molar-refractivity contribution in [2.75, 3.05) is 14.2 Å². The van der Waals surface area contributed by atoms with Gasteiger partial charge in [0.1, 0.15) is 6.61 Å². The zero-order valence-corrected chi connectivity index (χ0v) is 22.6. The van der Waals surface area contributed by atoms with E-state index in [4.69, 9.17) is 14.2 Å². The van der Waals surface area contributed by atoms with Gasteiger partial charge in [-0.1, -0.05) is 70.0 Å². The Morgan fingerprint density at radius 2 is 1.68 bits per heavy atom. The number of methoxy groups -OCH3 is 2. The predicted molar refractivity (Wildman–Crippen MR) is 144 cm³/mol. The van der Waals surface area contributed by atoms with Gasteiger partial charge in [-0.05, 0) is 37.1 Å². The van der Waals surface area contributed by atoms with E-state index >= 15 is 0 Å². The summed E-state index contributed by atoms with van der Waals surface area (Å²) in [4.78, 5) is 26.7. The van der Waals surface area contributed by atoms with Crippen molar-refractivity contribution in [2.24, 2.45) is 0 Å². The molecule has 3 aromatic carbocycles. The first-order valence-corrected chi connectivity index (χ1v) is 12.6. The molecule has 1 aliphatic heterocycles. The summed E-state index contributed by atoms with van der Waals surface area (Å²) in [5.41, 5.74) is 6.55. The highest BCUT2D eigenvalue weighted by molar-refractivity contribution is 9.10. The lowest BCUT2D eigenvalue weighted by molar-refractivity contribution is -0.136. The van der Waals surface area contributed by atoms with Crippen LogP contribution in [-0.2, 0) is 16.1 Å². The third kappa shape index (κ3) is 4.33. The standard InChI is InChI=1S/C30H26BrNO5/c1-16-9-11-18(12-10-16)15-37-24-14-22(31)21(13-23(24)35-3)26-25(30(34)36-4)17(2)32-28-19-7-5-6-8-20(19)29(33)27(26)28/h5-14,26,32H,15H2,1-4H3/t26-/m0/s1. The maximum absolute atomic E-state index is 13.7. The Hall–Kier alpha value is -3.84. The molecule has 0 spiro atoms. The van der Waals surface area contributed by atoms with Crippen molar-refractivity contribution in [3.05, 3.63) is 110 Å². The largest absolute Gasteiger partial charge is 0.493 e. The van der Waals surface area contributed by atoms with E-state index in [1.165, 1.54) is 12.7 Å². The minimum absolute atomic E-state index is 0.123. The van der Waals surface area contributed by atoms with Crippen LogP contribution in [0.25, 0.3) is 5.70 Å². The number of allylic oxidation sites excluding steroid dienone is 2. The van der Waals surface area contributed by atoms with E-state index in [2.05, 4.69) is 21.2 Å². The molecule has 1 N–H and O–H groups in total. The number of esters is 1. The predicted octanol–water partition coefficient (Wildman–Crippen LogP) is 6.09. The fourth-order valence-corrected chi connectivity index (χ4v) is 5.46. The fraction of sp³-hybridized carbons (Fsp3) is 0.200. The smallest absolute Gasteiger partial charge is 0.336 e. The molecule has 37 heavy (non-hydrogen) atoms. The Labute approximate surface area is 224 Å². The molecule has 3 aromatic rings. The van der Waals surface area contributed by atoms with Crippen LogP contribution in [-0.4, -0.2) is 26.0 Å². The zero-order chi connectivity index (χ0) is 26.3. The highest BCUT2D eigenvalue weighted by atomic mass is 79.9. The number of hydrogen-bond acceptors (Lipinski definition) is 6. The lowest BCUT2D eigenvalue weighted by atomic mass is 9.79. The minimum Gasteiger partial charge on any atom is -0.493 e. The molecule has 6 nitrogen and oxygen atoms in total. The van der Waals surface area contributed by atoms with Gasteiger partial charge in [-0.15, -0.1) is 0 Å². The van der Waals surface area contributed by atoms with Crippen molar-refractivity contribution < 1.29 is 23.8 Å². The fourth-order valence-electron chi connectivity index (χ4n) is 4.91. The number of fused-ring (bicyclic) bond motifs is 2. The Bertz CT molecular complexity index is 1490. The first kappa shape index (κ1) is 24.8. The summed E-state index contributed by atoms with van der Waals surface area (Å²) in [6, 6.07) is 19.2. The molecule has 0 bridgehead atoms. The zero-order valence-electron chi connectivity index (χ0n) is 21.0. The molecule has 0 amide bonds. The molecule has 2 aliphatic rings. The Kier molecular flexibility index (Phi) is 6.65. The van der Waals surface area contributed by atoms with E-state index in [0.717, 1.165) is 11.1 Å². The molecule has 0 radical (unpaired) electrons. The van der Waals surface area contributed by atoms with Crippen LogP contribution in [0, 0.1) is 6.92 Å². The maximum atomic E-state index is 13.7. The van der Waals surface area contributed by atoms with Gasteiger partial charge in [-0.25, -0.2) is 4.79 Å². The molecule has 0 saturated carbocycles. The number of ketones is 1. The van der Waals surface area contributed by atoms with Gasteiger partial charge in [-0.2, -0.15) is 0 Å². The number of carbonyl (C=O) groups excluding carboxylic acids is 2. The topological polar surface area (TPSA) is 73.9 Å². The molecule has 0 aromatic heterocycles. The number of aryl methyl sites for hydroxylation is 1. The number of hydrogen-bond donors (Lipinski definition) is 1. The number of nitrogens with one attached hydrogen (secondary N) is 1. The average Bonchev–Trinajstić information content (AvgIpc) is 3.18. The molecule has 0 saturated heterocycles. The van der Waals surface area contributed by atoms with Crippen LogP contribution in [0.5, 0.6) is 11.5 Å². The van der Waals surface area contributed by atoms with Gasteiger partial charge in [0, 0.05) is 26.9 Å². The van der Waals surface area contributed by atoms with Gasteiger partial charge >= 0.3 is 5.97 Å². The second-order valence-corrected chi connectivity index (χ2v) is 9.90. The lowest BCUT2D eigenvalue weighted by Gasteiger charge is -2.30. The first-order chi connectivity index (χ1) is 17.8. The summed E-state index contributed by atoms with van der Waals surface area (Å²) in [6.45, 7) is 4.22. The van der Waals surface area contributed by atoms with Crippen LogP contribution in [0.2, 0.25) is 0 Å². The molecular formula is C30H26BrNO5. The van der Waals surface area contributed by atoms with Crippen LogP contribution in [0.15, 0.2) is 82.0 Å². The van der Waals surface area contributed by atoms with Crippen molar-refractivity contribution in [1.29, 1.82) is 0 Å². The van der Waals surface area contributed by atoms with Gasteiger partial charge in [0.25, 0.3) is 0 Å². The van der Waals surface area contributed by atoms with E-state index in [1.54, 1.807) is 13.2 Å². The van der Waals surface area contributed by atoms with Crippen LogP contribution < -0.4 is 14.8 Å². The molecule has 5 rings (SSSR count). The quantitative estimate of drug-likeness (QED) is 0.368. The van der Waals surface area contributed by atoms with E-state index in [1.807, 2.05) is 68.4 Å². The van der Waals surface area contributed by atoms with Crippen molar-refractivity contribution in [1.82, 2.24) is 5.32 Å². The van der Waals surface area contributed by atoms with Crippen LogP contribution in [0.4, 0.5) is 0 Å². The van der Waals surface area contributed by atoms with Gasteiger partial charge in [0.2, 0.25) is 0 Å². The van der Waals surface area contributed by atoms with Crippen LogP contribution in [0.1, 0.15) is 45.5 Å². The number of halogens is 1. The SMILES string of the molecule is COC(=O)C1=C(C)NC2=C(C(=O)c3ccccc32)[C@H]1c1cc(OC)c(OCc2ccc(C)cc2)cc1Br. The highest BCUT2D eigenvalue weighted by Gasteiger charge is 2.43. The average molecular weight is 560 g/mol. The summed E-state index contributed by atoms with van der Waals surface area (Å²) >= 11 is 3.69. The summed E-state index contributed by atoms with van der Waals surface area (Å²) in [5, 5.41) is 3.30. The number of dihydropyridines is 1. The molecule has 1 aliphatic carbocycles. The van der Waals surface area contributed by atoms with Gasteiger partial charge in [0.15, 0.2) is 17.3 Å². The molecule has 0 fully saturated rings. The van der Waals surface area contributed by atoms with Crippen LogP contribution >= 0.6 is 15.9 Å². The molecule has 7 heteroatoms. The lowest BCUT2D eigenvalue weighted by Crippen LogP contribution is -2.29. The number of rotatable bonds is 6. The summed E-state index contributed by atoms with van der Waals surface area (Å²) in [7, 11) is 2.91. The number of ether oxygens (including phenoxy) is 3. The second-order valence-electron chi connectivity index (χ2n) is 9.05. The molecular weight excluding hydrogens is 534 g/mol. The monoisotopic (exact) mass is 559 g/mol. The van der Waals surface area contributed by atoms with Crippen molar-refractivity contribution in [3.63, 3.8) is 0 Å². The normalized spacial score (nSPS) is 16.2. The second kappa shape index (κ2) is 9.90. The summed E-state index contributed by atoms with van der Waals surface area (Å²) in [6.07, 6.45) is 0. The van der Waals surface area contributed by atoms with E-state index in [0.29, 0.717) is 56.2 Å². The van der Waals surface area contributed by atoms with Crippen molar-refractivity contribution >= 4 is 33.4 Å². The van der Waals surface area contributed by atoms with E-state index < -0.39 is 11.9 Å². The van der Waals surface area contributed by atoms with Gasteiger partial charge in [-0.3, -0.25) is 4.79 Å². The Morgan fingerprint density at radius 1 is 0.973 bits per heavy atom. The Morgan fingerprint density at radius 3 is 2.35 bits per heavy atom. The molecule has 1 heterocycles. The maximum Gasteiger partial charge on any atom is 0.336 e. The number of carbonyl (C=O) groups is 2. The van der Waals surface area contributed by atoms with E-state index in [-0.39, 0.29) is 5.78 Å². The Balaban J connectivity index is 1.60. The van der Waals surface area contributed by atoms with Gasteiger partial charge < -0.3 is 19.5 Å². The van der Waals surface area contributed by atoms with Crippen molar-refractivity contribution in [3.8, 4) is 11.5 Å². The van der Waals surface area contributed by atoms with E-state index in [9.17, 15) is 9.59 Å². The molecule has 1 atom stereocenters. The third-order valence-electron chi connectivity index (χ3n) is 6.76. The molecule has 0 unspecified atom stereocenters. The summed E-state index contributed by atoms with van der Waals surface area (Å²) in [5.74, 6) is -0.254. The van der Waals surface area contributed by atoms with Crippen molar-refractivity contribution in [2.45, 2.75) is 26.4 Å². The molecule has 188 valence electrons. The number of benzene rings is 3. The minimum atomic E-state index is -0.668. The van der Waals surface area contributed by atoms with Gasteiger partial charge in [0.05, 0.1) is 31.4 Å². The summed E-state index contributed by atoms with van der Waals surface area (Å²) < 4.78 is 17.6. The first-order valence-electron chi connectivity index (χ1n) is 11.8. The highest BCUT2D eigenvalue weighted by Crippen LogP contribution is 2.50. The number of Topliss-reactive ketones (excluding diaryl/α,β-unsaturated/α-hetero) is 1. The van der Waals surface area contributed by atoms with Crippen LogP contribution in [0.3, 0.4) is 0 Å². The third-order valence-corrected chi connectivity index (χ3v) is 7.45.